The van der Waals surface area contributed by atoms with Crippen LogP contribution < -0.4 is 0 Å². The maximum atomic E-state index is 12.4. The first-order valence-electron chi connectivity index (χ1n) is 6.66. The Morgan fingerprint density at radius 2 is 1.68 bits per heavy atom. The van der Waals surface area contributed by atoms with Crippen molar-refractivity contribution in [2.45, 2.75) is 17.6 Å². The highest BCUT2D eigenvalue weighted by Crippen LogP contribution is 2.22. The molecule has 0 fully saturated rings. The molecule has 112 valence electrons. The Kier molecular flexibility index (Phi) is 3.85. The summed E-state index contributed by atoms with van der Waals surface area (Å²) >= 11 is 6.11. The first-order valence-corrected chi connectivity index (χ1v) is 8.69. The molecule has 0 aliphatic heterocycles. The van der Waals surface area contributed by atoms with Crippen LogP contribution in [0.3, 0.4) is 0 Å². The van der Waals surface area contributed by atoms with Crippen molar-refractivity contribution in [3.05, 3.63) is 65.1 Å². The van der Waals surface area contributed by atoms with E-state index >= 15 is 0 Å². The van der Waals surface area contributed by atoms with Crippen LogP contribution in [-0.2, 0) is 15.6 Å². The summed E-state index contributed by atoms with van der Waals surface area (Å²) in [5.41, 5.74) is 1.64. The minimum atomic E-state index is -3.50. The van der Waals surface area contributed by atoms with Crippen LogP contribution in [0.15, 0.2) is 53.4 Å². The van der Waals surface area contributed by atoms with Gasteiger partial charge in [0.05, 0.1) is 10.4 Å². The highest BCUT2D eigenvalue weighted by Gasteiger charge is 2.18. The van der Waals surface area contributed by atoms with E-state index in [4.69, 9.17) is 11.6 Å². The predicted molar refractivity (Wildman–Crippen MR) is 86.6 cm³/mol. The fraction of sp³-hybridized carbons (Fsp3) is 0.125. The van der Waals surface area contributed by atoms with Crippen LogP contribution in [0.1, 0.15) is 11.4 Å². The summed E-state index contributed by atoms with van der Waals surface area (Å²) in [6.07, 6.45) is 0. The van der Waals surface area contributed by atoms with Crippen molar-refractivity contribution in [1.29, 1.82) is 0 Å². The molecule has 0 radical (unpaired) electrons. The third kappa shape index (κ3) is 2.96. The van der Waals surface area contributed by atoms with Gasteiger partial charge in [-0.1, -0.05) is 41.4 Å². The summed E-state index contributed by atoms with van der Waals surface area (Å²) < 4.78 is 24.9. The molecule has 1 aromatic heterocycles. The van der Waals surface area contributed by atoms with Gasteiger partial charge in [-0.25, -0.2) is 18.4 Å². The highest BCUT2D eigenvalue weighted by molar-refractivity contribution is 7.90. The maximum Gasteiger partial charge on any atom is 0.185 e. The van der Waals surface area contributed by atoms with Gasteiger partial charge in [0.15, 0.2) is 9.84 Å². The standard InChI is InChI=1S/C16H13ClN2O2S/c1-11-6-8-12(9-7-11)22(20,21)10-15-18-14-5-3-2-4-13(14)16(17)19-15/h2-9H,10H2,1H3. The number of benzene rings is 2. The van der Waals surface area contributed by atoms with Gasteiger partial charge in [-0.15, -0.1) is 0 Å². The molecule has 6 heteroatoms. The van der Waals surface area contributed by atoms with Crippen molar-refractivity contribution in [3.63, 3.8) is 0 Å². The molecule has 1 heterocycles. The van der Waals surface area contributed by atoms with Gasteiger partial charge >= 0.3 is 0 Å². The molecule has 3 aromatic rings. The van der Waals surface area contributed by atoms with E-state index in [9.17, 15) is 8.42 Å². The van der Waals surface area contributed by atoms with Gasteiger partial charge in [0.25, 0.3) is 0 Å². The van der Waals surface area contributed by atoms with Gasteiger partial charge in [-0.2, -0.15) is 0 Å². The van der Waals surface area contributed by atoms with Crippen LogP contribution in [-0.4, -0.2) is 18.4 Å². The van der Waals surface area contributed by atoms with Gasteiger partial charge < -0.3 is 0 Å². The molecule has 0 unspecified atom stereocenters. The van der Waals surface area contributed by atoms with Crippen LogP contribution >= 0.6 is 11.6 Å². The average molecular weight is 333 g/mol. The molecule has 0 N–H and O–H groups in total. The van der Waals surface area contributed by atoms with Crippen molar-refractivity contribution in [2.24, 2.45) is 0 Å². The van der Waals surface area contributed by atoms with E-state index < -0.39 is 9.84 Å². The number of nitrogens with zero attached hydrogens (tertiary/aromatic N) is 2. The lowest BCUT2D eigenvalue weighted by atomic mass is 10.2. The van der Waals surface area contributed by atoms with E-state index in [-0.39, 0.29) is 21.6 Å². The van der Waals surface area contributed by atoms with Gasteiger partial charge in [-0.05, 0) is 31.2 Å². The smallest absolute Gasteiger partial charge is 0.185 e. The number of aryl methyl sites for hydroxylation is 1. The Morgan fingerprint density at radius 3 is 2.41 bits per heavy atom. The molecule has 4 nitrogen and oxygen atoms in total. The number of sulfone groups is 1. The normalized spacial score (nSPS) is 11.7. The van der Waals surface area contributed by atoms with Crippen LogP contribution in [0, 0.1) is 6.92 Å². The van der Waals surface area contributed by atoms with Crippen LogP contribution in [0.25, 0.3) is 10.9 Å². The Bertz CT molecular complexity index is 938. The Morgan fingerprint density at radius 1 is 1.00 bits per heavy atom. The third-order valence-electron chi connectivity index (χ3n) is 3.30. The average Bonchev–Trinajstić information content (AvgIpc) is 2.47. The number of hydrogen-bond acceptors (Lipinski definition) is 4. The monoisotopic (exact) mass is 332 g/mol. The van der Waals surface area contributed by atoms with E-state index in [0.717, 1.165) is 5.56 Å². The molecule has 0 aliphatic rings. The van der Waals surface area contributed by atoms with Gasteiger partial charge in [0, 0.05) is 5.39 Å². The van der Waals surface area contributed by atoms with E-state index in [1.807, 2.05) is 19.1 Å². The Balaban J connectivity index is 2.00. The number of fused-ring (bicyclic) bond motifs is 1. The molecule has 0 saturated carbocycles. The van der Waals surface area contributed by atoms with E-state index in [2.05, 4.69) is 9.97 Å². The molecule has 0 spiro atoms. The zero-order valence-corrected chi connectivity index (χ0v) is 13.4. The molecule has 3 rings (SSSR count). The van der Waals surface area contributed by atoms with E-state index in [1.165, 1.54) is 0 Å². The Labute approximate surface area is 133 Å². The molecule has 0 atom stereocenters. The highest BCUT2D eigenvalue weighted by atomic mass is 35.5. The fourth-order valence-electron chi connectivity index (χ4n) is 2.15. The molecular formula is C16H13ClN2O2S. The third-order valence-corrected chi connectivity index (χ3v) is 5.22. The summed E-state index contributed by atoms with van der Waals surface area (Å²) in [4.78, 5) is 8.65. The SMILES string of the molecule is Cc1ccc(S(=O)(=O)Cc2nc(Cl)c3ccccc3n2)cc1. The van der Waals surface area contributed by atoms with Crippen molar-refractivity contribution in [3.8, 4) is 0 Å². The molecule has 0 bridgehead atoms. The van der Waals surface area contributed by atoms with E-state index in [1.54, 1.807) is 36.4 Å². The summed E-state index contributed by atoms with van der Waals surface area (Å²) in [7, 11) is -3.50. The zero-order chi connectivity index (χ0) is 15.7. The summed E-state index contributed by atoms with van der Waals surface area (Å²) in [6.45, 7) is 1.91. The van der Waals surface area contributed by atoms with Crippen molar-refractivity contribution >= 4 is 32.3 Å². The first-order chi connectivity index (χ1) is 10.5. The number of halogens is 1. The first kappa shape index (κ1) is 14.9. The van der Waals surface area contributed by atoms with Crippen molar-refractivity contribution < 1.29 is 8.42 Å². The van der Waals surface area contributed by atoms with Crippen LogP contribution in [0.5, 0.6) is 0 Å². The second-order valence-electron chi connectivity index (χ2n) is 5.02. The Hall–Kier alpha value is -1.98. The minimum absolute atomic E-state index is 0.198. The van der Waals surface area contributed by atoms with Gasteiger partial charge in [0.1, 0.15) is 16.7 Å². The predicted octanol–water partition coefficient (Wildman–Crippen LogP) is 3.57. The van der Waals surface area contributed by atoms with Crippen LogP contribution in [0.2, 0.25) is 5.15 Å². The largest absolute Gasteiger partial charge is 0.232 e. The van der Waals surface area contributed by atoms with Crippen molar-refractivity contribution in [2.75, 3.05) is 0 Å². The summed E-state index contributed by atoms with van der Waals surface area (Å²) in [6, 6.07) is 14.0. The minimum Gasteiger partial charge on any atom is -0.232 e. The number of hydrogen-bond donors (Lipinski definition) is 0. The molecule has 2 aromatic carbocycles. The van der Waals surface area contributed by atoms with E-state index in [0.29, 0.717) is 10.9 Å². The zero-order valence-electron chi connectivity index (χ0n) is 11.8. The summed E-state index contributed by atoms with van der Waals surface area (Å²) in [5, 5.41) is 0.973. The lowest BCUT2D eigenvalue weighted by Crippen LogP contribution is -2.08. The molecule has 22 heavy (non-hydrogen) atoms. The number of rotatable bonds is 3. The van der Waals surface area contributed by atoms with Crippen molar-refractivity contribution in [1.82, 2.24) is 9.97 Å². The number of para-hydroxylation sites is 1. The maximum absolute atomic E-state index is 12.4. The van der Waals surface area contributed by atoms with Gasteiger partial charge in [0.2, 0.25) is 0 Å². The molecule has 0 aliphatic carbocycles. The second-order valence-corrected chi connectivity index (χ2v) is 7.37. The summed E-state index contributed by atoms with van der Waals surface area (Å²) in [5.74, 6) is -0.0788. The lowest BCUT2D eigenvalue weighted by molar-refractivity contribution is 0.594. The molecular weight excluding hydrogens is 320 g/mol. The van der Waals surface area contributed by atoms with Gasteiger partial charge in [-0.3, -0.25) is 0 Å². The fourth-order valence-corrected chi connectivity index (χ4v) is 3.59. The number of aromatic nitrogens is 2. The van der Waals surface area contributed by atoms with Crippen LogP contribution in [0.4, 0.5) is 0 Å². The lowest BCUT2D eigenvalue weighted by Gasteiger charge is -2.06. The topological polar surface area (TPSA) is 59.9 Å². The molecule has 0 amide bonds. The quantitative estimate of drug-likeness (QED) is 0.688. The second kappa shape index (κ2) is 5.66. The molecule has 0 saturated heterocycles.